The van der Waals surface area contributed by atoms with Crippen molar-refractivity contribution in [2.45, 2.75) is 23.6 Å². The summed E-state index contributed by atoms with van der Waals surface area (Å²) < 4.78 is 0. The van der Waals surface area contributed by atoms with Gasteiger partial charge in [0.25, 0.3) is 0 Å². The summed E-state index contributed by atoms with van der Waals surface area (Å²) in [6, 6.07) is 0. The Morgan fingerprint density at radius 1 is 1.64 bits per heavy atom. The maximum absolute atomic E-state index is 5.97. The Kier molecular flexibility index (Phi) is 3.68. The summed E-state index contributed by atoms with van der Waals surface area (Å²) in [7, 11) is 0. The van der Waals surface area contributed by atoms with Gasteiger partial charge in [0, 0.05) is 29.6 Å². The highest BCUT2D eigenvalue weighted by Crippen LogP contribution is 2.36. The topological polar surface area (TPSA) is 29.3 Å². The minimum absolute atomic E-state index is 0.356. The van der Waals surface area contributed by atoms with Gasteiger partial charge >= 0.3 is 0 Å². The predicted molar refractivity (Wildman–Crippen MR) is 67.2 cm³/mol. The van der Waals surface area contributed by atoms with Crippen LogP contribution in [-0.2, 0) is 0 Å². The minimum Gasteiger partial charge on any atom is -0.329 e. The second-order valence-corrected chi connectivity index (χ2v) is 6.57. The van der Waals surface area contributed by atoms with Crippen molar-refractivity contribution in [3.05, 3.63) is 0 Å². The average Bonchev–Trinajstić information content (AvgIpc) is 2.87. The van der Waals surface area contributed by atoms with Crippen LogP contribution in [0, 0.1) is 0 Å². The summed E-state index contributed by atoms with van der Waals surface area (Å²) in [6.07, 6.45) is 4.88. The van der Waals surface area contributed by atoms with Crippen LogP contribution in [-0.4, -0.2) is 53.1 Å². The largest absolute Gasteiger partial charge is 0.329 e. The molecular formula is C10H20N2S2. The predicted octanol–water partition coefficient (Wildman–Crippen LogP) is 1.26. The molecule has 4 heteroatoms. The first-order valence-electron chi connectivity index (χ1n) is 5.36. The molecule has 0 aromatic rings. The maximum atomic E-state index is 5.97. The van der Waals surface area contributed by atoms with Crippen molar-refractivity contribution >= 4 is 23.5 Å². The molecule has 0 aliphatic carbocycles. The standard InChI is InChI=1S/C10H20N2S2/c1-13-9-2-4-12(6-9)10(7-11)3-5-14-8-10/h9H,2-8,11H2,1H3. The highest BCUT2D eigenvalue weighted by Gasteiger charge is 2.41. The molecule has 0 saturated carbocycles. The molecule has 2 rings (SSSR count). The first-order chi connectivity index (χ1) is 6.80. The molecule has 2 saturated heterocycles. The maximum Gasteiger partial charge on any atom is 0.0430 e. The highest BCUT2D eigenvalue weighted by atomic mass is 32.2. The lowest BCUT2D eigenvalue weighted by molar-refractivity contribution is 0.151. The van der Waals surface area contributed by atoms with E-state index in [9.17, 15) is 0 Å². The van der Waals surface area contributed by atoms with Gasteiger partial charge in [-0.3, -0.25) is 4.90 Å². The second kappa shape index (κ2) is 4.64. The molecule has 2 atom stereocenters. The fourth-order valence-electron chi connectivity index (χ4n) is 2.49. The first-order valence-corrected chi connectivity index (χ1v) is 7.81. The van der Waals surface area contributed by atoms with E-state index in [0.717, 1.165) is 11.8 Å². The molecule has 0 aromatic carbocycles. The summed E-state index contributed by atoms with van der Waals surface area (Å²) in [5, 5.41) is 0.851. The molecule has 0 spiro atoms. The molecule has 0 bridgehead atoms. The number of thioether (sulfide) groups is 2. The Labute approximate surface area is 95.4 Å². The Balaban J connectivity index is 1.99. The Hall–Kier alpha value is 0.620. The van der Waals surface area contributed by atoms with E-state index in [0.29, 0.717) is 5.54 Å². The molecule has 2 aliphatic heterocycles. The molecule has 2 nitrogen and oxygen atoms in total. The lowest BCUT2D eigenvalue weighted by Gasteiger charge is -2.37. The molecule has 2 aliphatic rings. The van der Waals surface area contributed by atoms with Gasteiger partial charge in [-0.05, 0) is 31.4 Å². The van der Waals surface area contributed by atoms with E-state index in [-0.39, 0.29) is 0 Å². The molecule has 82 valence electrons. The van der Waals surface area contributed by atoms with Gasteiger partial charge in [0.2, 0.25) is 0 Å². The number of hydrogen-bond donors (Lipinski definition) is 1. The average molecular weight is 232 g/mol. The lowest BCUT2D eigenvalue weighted by atomic mass is 9.97. The summed E-state index contributed by atoms with van der Waals surface area (Å²) >= 11 is 4.09. The van der Waals surface area contributed by atoms with Crippen LogP contribution < -0.4 is 5.73 Å². The minimum atomic E-state index is 0.356. The molecule has 2 N–H and O–H groups in total. The fraction of sp³-hybridized carbons (Fsp3) is 1.00. The van der Waals surface area contributed by atoms with Gasteiger partial charge in [-0.2, -0.15) is 23.5 Å². The van der Waals surface area contributed by atoms with E-state index in [1.165, 1.54) is 37.4 Å². The van der Waals surface area contributed by atoms with E-state index in [2.05, 4.69) is 22.9 Å². The Morgan fingerprint density at radius 3 is 3.00 bits per heavy atom. The van der Waals surface area contributed by atoms with Crippen molar-refractivity contribution in [3.8, 4) is 0 Å². The van der Waals surface area contributed by atoms with Gasteiger partial charge in [-0.1, -0.05) is 0 Å². The number of nitrogens with two attached hydrogens (primary N) is 1. The normalized spacial score (nSPS) is 39.4. The summed E-state index contributed by atoms with van der Waals surface area (Å²) in [4.78, 5) is 2.66. The van der Waals surface area contributed by atoms with E-state index in [4.69, 9.17) is 5.73 Å². The Morgan fingerprint density at radius 2 is 2.50 bits per heavy atom. The van der Waals surface area contributed by atoms with Gasteiger partial charge in [0.05, 0.1) is 0 Å². The SMILES string of the molecule is CSC1CCN(C2(CN)CCSC2)C1. The van der Waals surface area contributed by atoms with Crippen molar-refractivity contribution < 1.29 is 0 Å². The zero-order valence-corrected chi connectivity index (χ0v) is 10.5. The fourth-order valence-corrected chi connectivity index (χ4v) is 4.65. The zero-order chi connectivity index (χ0) is 10.0. The third kappa shape index (κ3) is 1.94. The van der Waals surface area contributed by atoms with Crippen LogP contribution in [0.5, 0.6) is 0 Å². The van der Waals surface area contributed by atoms with E-state index in [1.54, 1.807) is 0 Å². The quantitative estimate of drug-likeness (QED) is 0.793. The van der Waals surface area contributed by atoms with E-state index in [1.807, 2.05) is 11.8 Å². The van der Waals surface area contributed by atoms with Crippen LogP contribution in [0.3, 0.4) is 0 Å². The van der Waals surface area contributed by atoms with Gasteiger partial charge < -0.3 is 5.73 Å². The van der Waals surface area contributed by atoms with E-state index < -0.39 is 0 Å². The number of nitrogens with zero attached hydrogens (tertiary/aromatic N) is 1. The molecule has 2 unspecified atom stereocenters. The lowest BCUT2D eigenvalue weighted by Crippen LogP contribution is -2.53. The van der Waals surface area contributed by atoms with Crippen molar-refractivity contribution in [3.63, 3.8) is 0 Å². The monoisotopic (exact) mass is 232 g/mol. The van der Waals surface area contributed by atoms with E-state index >= 15 is 0 Å². The summed E-state index contributed by atoms with van der Waals surface area (Å²) in [5.74, 6) is 2.56. The van der Waals surface area contributed by atoms with Crippen LogP contribution in [0.4, 0.5) is 0 Å². The van der Waals surface area contributed by atoms with Crippen LogP contribution in [0.25, 0.3) is 0 Å². The van der Waals surface area contributed by atoms with Gasteiger partial charge in [-0.15, -0.1) is 0 Å². The van der Waals surface area contributed by atoms with Gasteiger partial charge in [-0.25, -0.2) is 0 Å². The third-order valence-electron chi connectivity index (χ3n) is 3.61. The van der Waals surface area contributed by atoms with Crippen LogP contribution in [0.1, 0.15) is 12.8 Å². The van der Waals surface area contributed by atoms with Crippen LogP contribution >= 0.6 is 23.5 Å². The van der Waals surface area contributed by atoms with Crippen LogP contribution in [0.15, 0.2) is 0 Å². The molecule has 0 radical (unpaired) electrons. The highest BCUT2D eigenvalue weighted by molar-refractivity contribution is 7.99. The van der Waals surface area contributed by atoms with Crippen molar-refractivity contribution in [1.29, 1.82) is 0 Å². The second-order valence-electron chi connectivity index (χ2n) is 4.32. The molecule has 0 amide bonds. The van der Waals surface area contributed by atoms with Gasteiger partial charge in [0.1, 0.15) is 0 Å². The molecule has 2 fully saturated rings. The molecular weight excluding hydrogens is 212 g/mol. The molecule has 0 aromatic heterocycles. The van der Waals surface area contributed by atoms with Gasteiger partial charge in [0.15, 0.2) is 0 Å². The van der Waals surface area contributed by atoms with Crippen molar-refractivity contribution in [2.75, 3.05) is 37.4 Å². The summed E-state index contributed by atoms with van der Waals surface area (Å²) in [6.45, 7) is 3.38. The zero-order valence-electron chi connectivity index (χ0n) is 8.87. The Bertz CT molecular complexity index is 193. The van der Waals surface area contributed by atoms with Crippen LogP contribution in [0.2, 0.25) is 0 Å². The number of likely N-dealkylation sites (tertiary alicyclic amines) is 1. The third-order valence-corrected chi connectivity index (χ3v) is 5.90. The smallest absolute Gasteiger partial charge is 0.0430 e. The molecule has 2 heterocycles. The van der Waals surface area contributed by atoms with Crippen molar-refractivity contribution in [1.82, 2.24) is 4.90 Å². The molecule has 14 heavy (non-hydrogen) atoms. The first kappa shape index (κ1) is 11.1. The number of rotatable bonds is 3. The summed E-state index contributed by atoms with van der Waals surface area (Å²) in [5.41, 5.74) is 6.33. The van der Waals surface area contributed by atoms with Crippen molar-refractivity contribution in [2.24, 2.45) is 5.73 Å². The number of hydrogen-bond acceptors (Lipinski definition) is 4.